The first-order valence-electron chi connectivity index (χ1n) is 6.12. The smallest absolute Gasteiger partial charge is 0.258 e. The first-order chi connectivity index (χ1) is 9.58. The van der Waals surface area contributed by atoms with Crippen LogP contribution in [0, 0.1) is 12.3 Å². The molecule has 0 radical (unpaired) electrons. The summed E-state index contributed by atoms with van der Waals surface area (Å²) in [6.45, 7) is 0.153. The number of hydrogen-bond acceptors (Lipinski definition) is 3. The summed E-state index contributed by atoms with van der Waals surface area (Å²) >= 11 is 7.39. The average molecular weight is 307 g/mol. The van der Waals surface area contributed by atoms with Crippen molar-refractivity contribution in [1.82, 2.24) is 5.32 Å². The van der Waals surface area contributed by atoms with E-state index in [2.05, 4.69) is 11.2 Å². The quantitative estimate of drug-likeness (QED) is 0.851. The number of amides is 2. The number of nitrogens with one attached hydrogen (secondary N) is 1. The van der Waals surface area contributed by atoms with Gasteiger partial charge in [-0.25, -0.2) is 0 Å². The van der Waals surface area contributed by atoms with E-state index in [1.165, 1.54) is 11.8 Å². The zero-order valence-corrected chi connectivity index (χ0v) is 12.1. The van der Waals surface area contributed by atoms with E-state index in [-0.39, 0.29) is 18.4 Å². The molecule has 6 heteroatoms. The third-order valence-corrected chi connectivity index (χ3v) is 5.14. The molecule has 0 bridgehead atoms. The van der Waals surface area contributed by atoms with Crippen LogP contribution in [-0.2, 0) is 9.59 Å². The summed E-state index contributed by atoms with van der Waals surface area (Å²) in [7, 11) is 0. The van der Waals surface area contributed by atoms with Crippen LogP contribution in [0.5, 0.6) is 0 Å². The molecule has 2 amide bonds. The van der Waals surface area contributed by atoms with E-state index >= 15 is 0 Å². The minimum absolute atomic E-state index is 0.0608. The molecule has 1 aromatic carbocycles. The molecule has 0 spiro atoms. The highest BCUT2D eigenvalue weighted by Crippen LogP contribution is 2.56. The Bertz CT molecular complexity index is 655. The van der Waals surface area contributed by atoms with E-state index in [1.807, 2.05) is 6.07 Å². The van der Waals surface area contributed by atoms with E-state index in [9.17, 15) is 9.59 Å². The van der Waals surface area contributed by atoms with Crippen LogP contribution in [0.1, 0.15) is 12.8 Å². The van der Waals surface area contributed by atoms with E-state index < -0.39 is 4.87 Å². The minimum atomic E-state index is -0.916. The Kier molecular flexibility index (Phi) is 3.15. The van der Waals surface area contributed by atoms with Gasteiger partial charge in [0.15, 0.2) is 4.87 Å². The van der Waals surface area contributed by atoms with Crippen molar-refractivity contribution in [3.05, 3.63) is 23.2 Å². The van der Waals surface area contributed by atoms with Gasteiger partial charge in [0.05, 0.1) is 12.2 Å². The number of halogens is 1. The normalized spacial score (nSPS) is 23.2. The number of benzene rings is 1. The van der Waals surface area contributed by atoms with Crippen molar-refractivity contribution in [1.29, 1.82) is 0 Å². The van der Waals surface area contributed by atoms with Crippen LogP contribution in [0.15, 0.2) is 23.1 Å². The van der Waals surface area contributed by atoms with E-state index in [0.717, 1.165) is 4.90 Å². The lowest BCUT2D eigenvalue weighted by Gasteiger charge is -2.29. The molecule has 102 valence electrons. The number of carbonyl (C=O) groups excluding carboxylic acids is 2. The second-order valence-corrected chi connectivity index (χ2v) is 6.37. The number of anilines is 1. The van der Waals surface area contributed by atoms with E-state index in [4.69, 9.17) is 18.0 Å². The second kappa shape index (κ2) is 4.72. The predicted octanol–water partition coefficient (Wildman–Crippen LogP) is 2.02. The lowest BCUT2D eigenvalue weighted by atomic mass is 10.2. The fraction of sp³-hybridized carbons (Fsp3) is 0.286. The lowest BCUT2D eigenvalue weighted by Crippen LogP contribution is -2.52. The number of carbonyl (C=O) groups is 2. The van der Waals surface area contributed by atoms with Crippen molar-refractivity contribution in [3.8, 4) is 12.3 Å². The predicted molar refractivity (Wildman–Crippen MR) is 78.6 cm³/mol. The molecule has 20 heavy (non-hydrogen) atoms. The van der Waals surface area contributed by atoms with Gasteiger partial charge in [-0.05, 0) is 24.6 Å². The molecule has 2 aliphatic rings. The largest absolute Gasteiger partial charge is 0.342 e. The summed E-state index contributed by atoms with van der Waals surface area (Å²) in [4.78, 5) is 26.1. The number of fused-ring (bicyclic) bond motifs is 3. The van der Waals surface area contributed by atoms with Crippen molar-refractivity contribution in [2.24, 2.45) is 0 Å². The molecule has 1 fully saturated rings. The number of rotatable bonds is 2. The Morgan fingerprint density at radius 1 is 1.60 bits per heavy atom. The third kappa shape index (κ3) is 1.80. The SMILES string of the molecule is C#CCNC(=O)[C@@]12CCC(=O)N1c1cc(Cl)ccc1S2. The summed E-state index contributed by atoms with van der Waals surface area (Å²) in [5.41, 5.74) is 0.709. The summed E-state index contributed by atoms with van der Waals surface area (Å²) in [6.07, 6.45) is 5.99. The van der Waals surface area contributed by atoms with Gasteiger partial charge >= 0.3 is 0 Å². The van der Waals surface area contributed by atoms with Crippen molar-refractivity contribution in [2.75, 3.05) is 11.4 Å². The van der Waals surface area contributed by atoms with E-state index in [1.54, 1.807) is 17.0 Å². The molecule has 2 heterocycles. The molecule has 4 nitrogen and oxygen atoms in total. The van der Waals surface area contributed by atoms with Crippen LogP contribution in [0.25, 0.3) is 0 Å². The Balaban J connectivity index is 2.03. The van der Waals surface area contributed by atoms with Crippen molar-refractivity contribution in [3.63, 3.8) is 0 Å². The van der Waals surface area contributed by atoms with Gasteiger partial charge in [-0.3, -0.25) is 14.5 Å². The Morgan fingerprint density at radius 3 is 3.15 bits per heavy atom. The Hall–Kier alpha value is -1.64. The standard InChI is InChI=1S/C14H11ClN2O2S/c1-2-7-16-13(19)14-6-5-12(18)17(14)10-8-9(15)3-4-11(10)20-14/h1,3-4,8H,5-7H2,(H,16,19)/t14-/m0/s1. The van der Waals surface area contributed by atoms with Gasteiger partial charge in [0, 0.05) is 16.3 Å². The zero-order valence-electron chi connectivity index (χ0n) is 10.5. The molecule has 3 rings (SSSR count). The second-order valence-electron chi connectivity index (χ2n) is 4.61. The molecule has 0 aromatic heterocycles. The van der Waals surface area contributed by atoms with Gasteiger partial charge in [-0.1, -0.05) is 29.3 Å². The molecular formula is C14H11ClN2O2S. The summed E-state index contributed by atoms with van der Waals surface area (Å²) in [5.74, 6) is 2.09. The molecule has 1 aromatic rings. The minimum Gasteiger partial charge on any atom is -0.342 e. The Labute approximate surface area is 125 Å². The van der Waals surface area contributed by atoms with Crippen LogP contribution < -0.4 is 10.2 Å². The topological polar surface area (TPSA) is 49.4 Å². The number of nitrogens with zero attached hydrogens (tertiary/aromatic N) is 1. The Morgan fingerprint density at radius 2 is 2.40 bits per heavy atom. The highest BCUT2D eigenvalue weighted by molar-refractivity contribution is 8.02. The van der Waals surface area contributed by atoms with Crippen LogP contribution in [0.4, 0.5) is 5.69 Å². The highest BCUT2D eigenvalue weighted by atomic mass is 35.5. The average Bonchev–Trinajstić information content (AvgIpc) is 2.93. The van der Waals surface area contributed by atoms with Gasteiger partial charge in [0.25, 0.3) is 5.91 Å². The van der Waals surface area contributed by atoms with Gasteiger partial charge < -0.3 is 5.32 Å². The van der Waals surface area contributed by atoms with Crippen molar-refractivity contribution < 1.29 is 9.59 Å². The van der Waals surface area contributed by atoms with Gasteiger partial charge in [0.1, 0.15) is 0 Å². The van der Waals surface area contributed by atoms with Crippen LogP contribution in [0.2, 0.25) is 5.02 Å². The molecule has 1 saturated heterocycles. The summed E-state index contributed by atoms with van der Waals surface area (Å²) in [6, 6.07) is 5.32. The van der Waals surface area contributed by atoms with Gasteiger partial charge in [0.2, 0.25) is 5.91 Å². The highest BCUT2D eigenvalue weighted by Gasteiger charge is 2.57. The van der Waals surface area contributed by atoms with Crippen LogP contribution >= 0.6 is 23.4 Å². The van der Waals surface area contributed by atoms with Crippen molar-refractivity contribution in [2.45, 2.75) is 22.6 Å². The van der Waals surface area contributed by atoms with E-state index in [0.29, 0.717) is 23.6 Å². The molecular weight excluding hydrogens is 296 g/mol. The van der Waals surface area contributed by atoms with Crippen LogP contribution in [-0.4, -0.2) is 23.2 Å². The van der Waals surface area contributed by atoms with Gasteiger partial charge in [-0.15, -0.1) is 6.42 Å². The molecule has 2 aliphatic heterocycles. The fourth-order valence-electron chi connectivity index (χ4n) is 2.59. The maximum atomic E-state index is 12.5. The number of terminal acetylenes is 1. The molecule has 0 aliphatic carbocycles. The maximum Gasteiger partial charge on any atom is 0.258 e. The number of thioether (sulfide) groups is 1. The fourth-order valence-corrected chi connectivity index (χ4v) is 4.17. The maximum absolute atomic E-state index is 12.5. The first kappa shape index (κ1) is 13.3. The zero-order chi connectivity index (χ0) is 14.3. The molecule has 0 unspecified atom stereocenters. The first-order valence-corrected chi connectivity index (χ1v) is 7.31. The number of hydrogen-bond donors (Lipinski definition) is 1. The molecule has 0 saturated carbocycles. The lowest BCUT2D eigenvalue weighted by molar-refractivity contribution is -0.124. The molecule has 1 atom stereocenters. The summed E-state index contributed by atoms with van der Waals surface area (Å²) < 4.78 is 0. The third-order valence-electron chi connectivity index (χ3n) is 3.43. The summed E-state index contributed by atoms with van der Waals surface area (Å²) in [5, 5.41) is 3.23. The van der Waals surface area contributed by atoms with Gasteiger partial charge in [-0.2, -0.15) is 0 Å². The monoisotopic (exact) mass is 306 g/mol. The van der Waals surface area contributed by atoms with Crippen LogP contribution in [0.3, 0.4) is 0 Å². The van der Waals surface area contributed by atoms with Crippen molar-refractivity contribution >= 4 is 40.9 Å². The molecule has 1 N–H and O–H groups in total.